The average molecular weight is 395 g/mol. The van der Waals surface area contributed by atoms with Crippen molar-refractivity contribution < 1.29 is 4.74 Å². The van der Waals surface area contributed by atoms with E-state index in [9.17, 15) is 0 Å². The lowest BCUT2D eigenvalue weighted by Crippen LogP contribution is -2.03. The zero-order chi connectivity index (χ0) is 14.1. The number of aromatic nitrogens is 1. The van der Waals surface area contributed by atoms with Crippen LogP contribution < -0.4 is 0 Å². The normalized spacial score (nSPS) is 11.1. The maximum Gasteiger partial charge on any atom is 0.105 e. The van der Waals surface area contributed by atoms with E-state index in [2.05, 4.69) is 79.4 Å². The molecule has 3 aromatic rings. The zero-order valence-corrected chi connectivity index (χ0v) is 13.9. The van der Waals surface area contributed by atoms with Crippen molar-refractivity contribution in [3.63, 3.8) is 0 Å². The van der Waals surface area contributed by atoms with E-state index in [-0.39, 0.29) is 0 Å². The van der Waals surface area contributed by atoms with E-state index in [1.807, 2.05) is 0 Å². The Balaban J connectivity index is 2.26. The minimum atomic E-state index is 0.620. The third-order valence-corrected chi connectivity index (χ3v) is 4.33. The number of fused-ring (bicyclic) bond motifs is 3. The van der Waals surface area contributed by atoms with Crippen LogP contribution in [0.15, 0.2) is 58.2 Å². The molecule has 2 nitrogen and oxygen atoms in total. The van der Waals surface area contributed by atoms with Gasteiger partial charge in [0.15, 0.2) is 0 Å². The number of halogens is 2. The summed E-state index contributed by atoms with van der Waals surface area (Å²) in [6, 6.07) is 12.7. The molecule has 0 unspecified atom stereocenters. The molecule has 1 aromatic heterocycles. The maximum atomic E-state index is 5.28. The van der Waals surface area contributed by atoms with Gasteiger partial charge >= 0.3 is 0 Å². The molecule has 0 spiro atoms. The summed E-state index contributed by atoms with van der Waals surface area (Å²) in [6.45, 7) is 5.00. The fourth-order valence-corrected chi connectivity index (χ4v) is 3.24. The van der Waals surface area contributed by atoms with Crippen LogP contribution in [0.5, 0.6) is 0 Å². The summed E-state index contributed by atoms with van der Waals surface area (Å²) in [5, 5.41) is 2.49. The molecule has 2 aromatic carbocycles. The van der Waals surface area contributed by atoms with E-state index >= 15 is 0 Å². The quantitative estimate of drug-likeness (QED) is 0.422. The standard InChI is InChI=1S/C16H13Br2NO/c1-2-20-8-7-19-15-5-3-11(17)9-13(15)14-10-12(18)4-6-16(14)19/h2-6,9-10H,1,7-8H2. The molecule has 0 saturated carbocycles. The van der Waals surface area contributed by atoms with Crippen molar-refractivity contribution in [2.45, 2.75) is 6.54 Å². The molecule has 4 heteroatoms. The Hall–Kier alpha value is -1.26. The number of benzene rings is 2. The van der Waals surface area contributed by atoms with Crippen LogP contribution in [0, 0.1) is 0 Å². The Kier molecular flexibility index (Phi) is 3.85. The van der Waals surface area contributed by atoms with E-state index in [0.717, 1.165) is 15.5 Å². The summed E-state index contributed by atoms with van der Waals surface area (Å²) in [7, 11) is 0. The Morgan fingerprint density at radius 2 is 1.55 bits per heavy atom. The molecule has 102 valence electrons. The molecule has 0 fully saturated rings. The maximum absolute atomic E-state index is 5.28. The van der Waals surface area contributed by atoms with Gasteiger partial charge in [-0.2, -0.15) is 0 Å². The largest absolute Gasteiger partial charge is 0.500 e. The van der Waals surface area contributed by atoms with Crippen molar-refractivity contribution in [2.24, 2.45) is 0 Å². The SMILES string of the molecule is C=COCCn1c2ccc(Br)cc2c2cc(Br)ccc21. The second-order valence-electron chi connectivity index (χ2n) is 4.51. The third-order valence-electron chi connectivity index (χ3n) is 3.34. The highest BCUT2D eigenvalue weighted by Gasteiger charge is 2.11. The van der Waals surface area contributed by atoms with Gasteiger partial charge in [0.2, 0.25) is 0 Å². The molecule has 0 aliphatic heterocycles. The molecule has 0 aliphatic rings. The van der Waals surface area contributed by atoms with Crippen LogP contribution in [0.3, 0.4) is 0 Å². The van der Waals surface area contributed by atoms with Gasteiger partial charge in [0, 0.05) is 30.8 Å². The second kappa shape index (κ2) is 5.62. The molecular weight excluding hydrogens is 382 g/mol. The van der Waals surface area contributed by atoms with E-state index in [1.54, 1.807) is 0 Å². The van der Waals surface area contributed by atoms with Crippen LogP contribution in [-0.2, 0) is 11.3 Å². The number of rotatable bonds is 4. The molecule has 0 saturated heterocycles. The van der Waals surface area contributed by atoms with Crippen molar-refractivity contribution in [3.05, 3.63) is 58.2 Å². The summed E-state index contributed by atoms with van der Waals surface area (Å²) in [6.07, 6.45) is 1.49. The summed E-state index contributed by atoms with van der Waals surface area (Å²) < 4.78 is 9.74. The molecule has 0 bridgehead atoms. The Bertz CT molecular complexity index is 733. The van der Waals surface area contributed by atoms with Gasteiger partial charge in [-0.15, -0.1) is 0 Å². The van der Waals surface area contributed by atoms with Gasteiger partial charge in [0.25, 0.3) is 0 Å². The van der Waals surface area contributed by atoms with Crippen LogP contribution in [0.25, 0.3) is 21.8 Å². The van der Waals surface area contributed by atoms with Crippen molar-refractivity contribution in [2.75, 3.05) is 6.61 Å². The monoisotopic (exact) mass is 393 g/mol. The molecule has 3 rings (SSSR count). The zero-order valence-electron chi connectivity index (χ0n) is 10.8. The smallest absolute Gasteiger partial charge is 0.105 e. The Morgan fingerprint density at radius 3 is 2.05 bits per heavy atom. The highest BCUT2D eigenvalue weighted by molar-refractivity contribution is 9.10. The van der Waals surface area contributed by atoms with Gasteiger partial charge in [-0.3, -0.25) is 0 Å². The molecular formula is C16H13Br2NO. The summed E-state index contributed by atoms with van der Waals surface area (Å²) in [5.41, 5.74) is 2.43. The van der Waals surface area contributed by atoms with Gasteiger partial charge in [-0.1, -0.05) is 38.4 Å². The van der Waals surface area contributed by atoms with Crippen LogP contribution in [-0.4, -0.2) is 11.2 Å². The van der Waals surface area contributed by atoms with Crippen LogP contribution in [0.4, 0.5) is 0 Å². The molecule has 0 radical (unpaired) electrons. The number of ether oxygens (including phenoxy) is 1. The first-order chi connectivity index (χ1) is 9.70. The third kappa shape index (κ3) is 2.38. The highest BCUT2D eigenvalue weighted by atomic mass is 79.9. The van der Waals surface area contributed by atoms with Crippen molar-refractivity contribution in [3.8, 4) is 0 Å². The van der Waals surface area contributed by atoms with Crippen LogP contribution in [0.1, 0.15) is 0 Å². The van der Waals surface area contributed by atoms with Gasteiger partial charge in [-0.05, 0) is 36.4 Å². The Morgan fingerprint density at radius 1 is 1.00 bits per heavy atom. The first kappa shape index (κ1) is 13.7. The van der Waals surface area contributed by atoms with Crippen LogP contribution in [0.2, 0.25) is 0 Å². The molecule has 0 amide bonds. The van der Waals surface area contributed by atoms with E-state index in [4.69, 9.17) is 4.74 Å². The second-order valence-corrected chi connectivity index (χ2v) is 6.34. The van der Waals surface area contributed by atoms with E-state index < -0.39 is 0 Å². The predicted molar refractivity (Wildman–Crippen MR) is 91.0 cm³/mol. The van der Waals surface area contributed by atoms with Gasteiger partial charge < -0.3 is 9.30 Å². The van der Waals surface area contributed by atoms with Crippen molar-refractivity contribution >= 4 is 53.7 Å². The molecule has 0 aliphatic carbocycles. The first-order valence-corrected chi connectivity index (χ1v) is 7.89. The van der Waals surface area contributed by atoms with Crippen molar-refractivity contribution in [1.29, 1.82) is 0 Å². The lowest BCUT2D eigenvalue weighted by Gasteiger charge is -2.07. The predicted octanol–water partition coefficient (Wildman–Crippen LogP) is 5.48. The topological polar surface area (TPSA) is 14.2 Å². The molecule has 20 heavy (non-hydrogen) atoms. The average Bonchev–Trinajstić information content (AvgIpc) is 2.72. The van der Waals surface area contributed by atoms with Gasteiger partial charge in [0.1, 0.15) is 6.61 Å². The number of hydrogen-bond acceptors (Lipinski definition) is 1. The fourth-order valence-electron chi connectivity index (χ4n) is 2.52. The van der Waals surface area contributed by atoms with Crippen molar-refractivity contribution in [1.82, 2.24) is 4.57 Å². The fraction of sp³-hybridized carbons (Fsp3) is 0.125. The van der Waals surface area contributed by atoms with Crippen LogP contribution >= 0.6 is 31.9 Å². The highest BCUT2D eigenvalue weighted by Crippen LogP contribution is 2.32. The summed E-state index contributed by atoms with van der Waals surface area (Å²) in [4.78, 5) is 0. The minimum absolute atomic E-state index is 0.620. The van der Waals surface area contributed by atoms with E-state index in [0.29, 0.717) is 6.61 Å². The van der Waals surface area contributed by atoms with Gasteiger partial charge in [-0.25, -0.2) is 0 Å². The number of nitrogens with zero attached hydrogens (tertiary/aromatic N) is 1. The molecule has 0 N–H and O–H groups in total. The minimum Gasteiger partial charge on any atom is -0.500 e. The first-order valence-electron chi connectivity index (χ1n) is 6.30. The van der Waals surface area contributed by atoms with E-state index in [1.165, 1.54) is 28.1 Å². The lowest BCUT2D eigenvalue weighted by molar-refractivity contribution is 0.239. The lowest BCUT2D eigenvalue weighted by atomic mass is 10.2. The molecule has 1 heterocycles. The summed E-state index contributed by atoms with van der Waals surface area (Å²) in [5.74, 6) is 0. The summed E-state index contributed by atoms with van der Waals surface area (Å²) >= 11 is 7.10. The number of hydrogen-bond donors (Lipinski definition) is 0. The molecule has 0 atom stereocenters. The van der Waals surface area contributed by atoms with Gasteiger partial charge in [0.05, 0.1) is 12.8 Å². The Labute approximate surface area is 134 Å².